The third kappa shape index (κ3) is 2.39. The van der Waals surface area contributed by atoms with E-state index in [9.17, 15) is 13.6 Å². The highest BCUT2D eigenvalue weighted by atomic mass is 35.5. The molecule has 0 N–H and O–H groups in total. The van der Waals surface area contributed by atoms with E-state index >= 15 is 0 Å². The van der Waals surface area contributed by atoms with Crippen molar-refractivity contribution < 1.29 is 13.6 Å². The fourth-order valence-electron chi connectivity index (χ4n) is 3.69. The number of para-hydroxylation sites is 1. The van der Waals surface area contributed by atoms with Gasteiger partial charge in [-0.1, -0.05) is 29.8 Å². The molecular formula is C18H15ClF2N2O. The minimum atomic E-state index is -0.576. The second-order valence-electron chi connectivity index (χ2n) is 6.19. The summed E-state index contributed by atoms with van der Waals surface area (Å²) in [5.74, 6) is -1.21. The molecule has 2 fully saturated rings. The predicted molar refractivity (Wildman–Crippen MR) is 87.9 cm³/mol. The summed E-state index contributed by atoms with van der Waals surface area (Å²) in [5.41, 5.74) is 0.718. The molecule has 0 aliphatic carbocycles. The summed E-state index contributed by atoms with van der Waals surface area (Å²) < 4.78 is 27.7. The first kappa shape index (κ1) is 15.5. The Balaban J connectivity index is 1.57. The summed E-state index contributed by atoms with van der Waals surface area (Å²) in [6.45, 7) is 0.678. The largest absolute Gasteiger partial charge is 0.305 e. The zero-order chi connectivity index (χ0) is 16.8. The lowest BCUT2D eigenvalue weighted by molar-refractivity contribution is -0.122. The first-order chi connectivity index (χ1) is 11.6. The van der Waals surface area contributed by atoms with Crippen LogP contribution in [0.5, 0.6) is 0 Å². The summed E-state index contributed by atoms with van der Waals surface area (Å²) in [4.78, 5) is 16.3. The number of carbonyl (C=O) groups is 1. The Bertz CT molecular complexity index is 793. The van der Waals surface area contributed by atoms with Gasteiger partial charge in [-0.2, -0.15) is 0 Å². The molecule has 0 aromatic heterocycles. The first-order valence-electron chi connectivity index (χ1n) is 7.81. The Morgan fingerprint density at radius 3 is 2.46 bits per heavy atom. The lowest BCUT2D eigenvalue weighted by Gasteiger charge is -2.34. The van der Waals surface area contributed by atoms with E-state index in [1.54, 1.807) is 11.0 Å². The number of benzene rings is 2. The third-order valence-corrected chi connectivity index (χ3v) is 5.12. The molecule has 0 unspecified atom stereocenters. The number of likely N-dealkylation sites (tertiary alicyclic amines) is 1. The first-order valence-corrected chi connectivity index (χ1v) is 8.18. The van der Waals surface area contributed by atoms with E-state index in [4.69, 9.17) is 11.6 Å². The summed E-state index contributed by atoms with van der Waals surface area (Å²) in [6.07, 6.45) is 0.653. The quantitative estimate of drug-likeness (QED) is 0.846. The summed E-state index contributed by atoms with van der Waals surface area (Å²) in [5, 5.41) is 0.532. The van der Waals surface area contributed by atoms with Gasteiger partial charge in [0.25, 0.3) is 0 Å². The Morgan fingerprint density at radius 2 is 1.79 bits per heavy atom. The number of hydrogen-bond donors (Lipinski definition) is 0. The van der Waals surface area contributed by atoms with Gasteiger partial charge in [0.05, 0.1) is 22.8 Å². The van der Waals surface area contributed by atoms with Gasteiger partial charge in [-0.15, -0.1) is 0 Å². The molecule has 0 radical (unpaired) electrons. The molecule has 0 saturated carbocycles. The maximum atomic E-state index is 13.9. The second kappa shape index (κ2) is 5.83. The average Bonchev–Trinajstić information content (AvgIpc) is 3.09. The van der Waals surface area contributed by atoms with Gasteiger partial charge < -0.3 is 4.90 Å². The molecule has 2 aliphatic heterocycles. The topological polar surface area (TPSA) is 23.6 Å². The molecule has 4 rings (SSSR count). The van der Waals surface area contributed by atoms with Gasteiger partial charge in [-0.25, -0.2) is 8.78 Å². The van der Waals surface area contributed by atoms with Crippen LogP contribution in [0.3, 0.4) is 0 Å². The van der Waals surface area contributed by atoms with E-state index in [-0.39, 0.29) is 30.1 Å². The minimum absolute atomic E-state index is 0.0159. The van der Waals surface area contributed by atoms with E-state index in [2.05, 4.69) is 0 Å². The van der Waals surface area contributed by atoms with Crippen LogP contribution in [-0.2, 0) is 11.3 Å². The fourth-order valence-corrected chi connectivity index (χ4v) is 3.91. The number of amides is 1. The molecule has 2 aromatic carbocycles. The van der Waals surface area contributed by atoms with Crippen LogP contribution in [0.2, 0.25) is 5.02 Å². The van der Waals surface area contributed by atoms with Crippen LogP contribution < -0.4 is 4.90 Å². The highest BCUT2D eigenvalue weighted by Gasteiger charge is 2.50. The van der Waals surface area contributed by atoms with E-state index in [0.717, 1.165) is 0 Å². The van der Waals surface area contributed by atoms with Gasteiger partial charge in [0, 0.05) is 18.7 Å². The van der Waals surface area contributed by atoms with Crippen molar-refractivity contribution in [1.29, 1.82) is 0 Å². The average molecular weight is 349 g/mol. The molecule has 2 bridgehead atoms. The molecule has 2 heterocycles. The molecule has 6 heteroatoms. The molecule has 2 aliphatic rings. The summed E-state index contributed by atoms with van der Waals surface area (Å²) in [7, 11) is 0. The van der Waals surface area contributed by atoms with Crippen LogP contribution in [-0.4, -0.2) is 29.4 Å². The Morgan fingerprint density at radius 1 is 1.08 bits per heavy atom. The predicted octanol–water partition coefficient (Wildman–Crippen LogP) is 3.61. The molecule has 2 aromatic rings. The van der Waals surface area contributed by atoms with Gasteiger partial charge in [-0.05, 0) is 30.7 Å². The van der Waals surface area contributed by atoms with Gasteiger partial charge in [0.1, 0.15) is 11.6 Å². The fraction of sp³-hybridized carbons (Fsp3) is 0.278. The molecule has 124 valence electrons. The van der Waals surface area contributed by atoms with E-state index in [1.165, 1.54) is 18.2 Å². The number of carbonyl (C=O) groups excluding carboxylic acids is 1. The normalized spacial score (nSPS) is 23.3. The van der Waals surface area contributed by atoms with Crippen LogP contribution in [0.4, 0.5) is 14.5 Å². The summed E-state index contributed by atoms with van der Waals surface area (Å²) >= 11 is 6.21. The number of fused-ring (bicyclic) bond motifs is 2. The summed E-state index contributed by atoms with van der Waals surface area (Å²) in [6, 6.07) is 10.7. The zero-order valence-corrected chi connectivity index (χ0v) is 13.5. The number of piperazine rings is 1. The second-order valence-corrected chi connectivity index (χ2v) is 6.60. The lowest BCUT2D eigenvalue weighted by atomic mass is 10.1. The number of nitrogens with zero attached hydrogens (tertiary/aromatic N) is 2. The van der Waals surface area contributed by atoms with Crippen LogP contribution in [0.15, 0.2) is 42.5 Å². The van der Waals surface area contributed by atoms with Crippen molar-refractivity contribution in [2.24, 2.45) is 0 Å². The maximum absolute atomic E-state index is 13.9. The number of rotatable bonds is 3. The van der Waals surface area contributed by atoms with Crippen molar-refractivity contribution in [3.8, 4) is 0 Å². The number of anilines is 1. The Kier molecular flexibility index (Phi) is 3.77. The highest BCUT2D eigenvalue weighted by molar-refractivity contribution is 6.34. The lowest BCUT2D eigenvalue weighted by Crippen LogP contribution is -2.50. The van der Waals surface area contributed by atoms with Gasteiger partial charge in [-0.3, -0.25) is 9.69 Å². The van der Waals surface area contributed by atoms with E-state index in [0.29, 0.717) is 23.7 Å². The Hall–Kier alpha value is -1.98. The third-order valence-electron chi connectivity index (χ3n) is 4.80. The van der Waals surface area contributed by atoms with Crippen LogP contribution >= 0.6 is 11.6 Å². The van der Waals surface area contributed by atoms with Crippen molar-refractivity contribution in [2.75, 3.05) is 11.4 Å². The SMILES string of the molecule is O=C1[C@@H]2C[C@@H](CN2Cc2c(F)cccc2F)N1c1ccccc1Cl. The van der Waals surface area contributed by atoms with Crippen molar-refractivity contribution in [3.63, 3.8) is 0 Å². The van der Waals surface area contributed by atoms with Crippen molar-refractivity contribution >= 4 is 23.2 Å². The molecule has 2 saturated heterocycles. The molecule has 24 heavy (non-hydrogen) atoms. The zero-order valence-electron chi connectivity index (χ0n) is 12.8. The van der Waals surface area contributed by atoms with Crippen LogP contribution in [0.1, 0.15) is 12.0 Å². The van der Waals surface area contributed by atoms with Crippen molar-refractivity contribution in [2.45, 2.75) is 25.0 Å². The van der Waals surface area contributed by atoms with Gasteiger partial charge >= 0.3 is 0 Å². The molecule has 3 nitrogen and oxygen atoms in total. The maximum Gasteiger partial charge on any atom is 0.244 e. The smallest absolute Gasteiger partial charge is 0.244 e. The Labute approximate surface area is 143 Å². The van der Waals surface area contributed by atoms with E-state index in [1.807, 2.05) is 23.1 Å². The molecular weight excluding hydrogens is 334 g/mol. The van der Waals surface area contributed by atoms with Gasteiger partial charge in [0.2, 0.25) is 5.91 Å². The van der Waals surface area contributed by atoms with Crippen molar-refractivity contribution in [1.82, 2.24) is 4.90 Å². The van der Waals surface area contributed by atoms with Crippen molar-refractivity contribution in [3.05, 3.63) is 64.7 Å². The standard InChI is InChI=1S/C18H15ClF2N2O/c19-13-4-1-2-7-16(13)23-11-8-17(18(23)24)22(9-11)10-12-14(20)5-3-6-15(12)21/h1-7,11,17H,8-10H2/t11-,17-/m0/s1. The monoisotopic (exact) mass is 348 g/mol. The number of hydrogen-bond acceptors (Lipinski definition) is 2. The number of halogens is 3. The van der Waals surface area contributed by atoms with Crippen LogP contribution in [0.25, 0.3) is 0 Å². The molecule has 2 atom stereocenters. The molecule has 1 amide bonds. The van der Waals surface area contributed by atoms with Crippen LogP contribution in [0, 0.1) is 11.6 Å². The highest BCUT2D eigenvalue weighted by Crippen LogP contribution is 2.39. The molecule has 0 spiro atoms. The minimum Gasteiger partial charge on any atom is -0.305 e. The van der Waals surface area contributed by atoms with E-state index < -0.39 is 11.6 Å². The van der Waals surface area contributed by atoms with Gasteiger partial charge in [0.15, 0.2) is 0 Å².